The average Bonchev–Trinajstić information content (AvgIpc) is 2.96. The van der Waals surface area contributed by atoms with Gasteiger partial charge in [0.15, 0.2) is 0 Å². The molecule has 1 aromatic heterocycles. The molecule has 2 N–H and O–H groups in total. The van der Waals surface area contributed by atoms with Crippen LogP contribution in [0.2, 0.25) is 0 Å². The van der Waals surface area contributed by atoms with Crippen molar-refractivity contribution in [2.75, 3.05) is 50.1 Å². The van der Waals surface area contributed by atoms with E-state index in [2.05, 4.69) is 31.5 Å². The van der Waals surface area contributed by atoms with E-state index in [4.69, 9.17) is 4.74 Å². The highest BCUT2D eigenvalue weighted by Crippen LogP contribution is 2.30. The predicted molar refractivity (Wildman–Crippen MR) is 119 cm³/mol. The van der Waals surface area contributed by atoms with Crippen molar-refractivity contribution in [3.63, 3.8) is 0 Å². The Balaban J connectivity index is 1.34. The number of carbonyl (C=O) groups excluding carboxylic acids is 2. The summed E-state index contributed by atoms with van der Waals surface area (Å²) in [6.45, 7) is 6.89. The highest BCUT2D eigenvalue weighted by Gasteiger charge is 2.24. The van der Waals surface area contributed by atoms with Gasteiger partial charge in [-0.15, -0.1) is 0 Å². The maximum absolute atomic E-state index is 12.3. The summed E-state index contributed by atoms with van der Waals surface area (Å²) < 4.78 is 5.83. The standard InChI is InChI=1S/C23H29N5O3/c1-3-17-15-31-21-7-4-16(12-20(21)26-22(17)29)14-27-8-10-28(11-9-27)18-5-6-19(25-13-18)23(30)24-2/h4-7,12-13,17H,3,8-11,14-15H2,1-2H3,(H,24,30)(H,26,29)/t17-/m0/s1. The first kappa shape index (κ1) is 21.1. The van der Waals surface area contributed by atoms with Gasteiger partial charge in [0.1, 0.15) is 11.4 Å². The fourth-order valence-electron chi connectivity index (χ4n) is 3.96. The van der Waals surface area contributed by atoms with E-state index in [0.717, 1.165) is 61.8 Å². The van der Waals surface area contributed by atoms with Gasteiger partial charge in [0.25, 0.3) is 5.91 Å². The van der Waals surface area contributed by atoms with Gasteiger partial charge in [-0.3, -0.25) is 14.5 Å². The molecule has 2 aliphatic rings. The van der Waals surface area contributed by atoms with E-state index in [-0.39, 0.29) is 17.7 Å². The van der Waals surface area contributed by atoms with Crippen LogP contribution in [0.3, 0.4) is 0 Å². The molecule has 1 saturated heterocycles. The molecule has 0 radical (unpaired) electrons. The Labute approximate surface area is 182 Å². The van der Waals surface area contributed by atoms with Crippen LogP contribution >= 0.6 is 0 Å². The van der Waals surface area contributed by atoms with Gasteiger partial charge in [0, 0.05) is 39.8 Å². The number of ether oxygens (including phenoxy) is 1. The second kappa shape index (κ2) is 9.34. The third-order valence-electron chi connectivity index (χ3n) is 5.96. The van der Waals surface area contributed by atoms with Crippen molar-refractivity contribution in [2.45, 2.75) is 19.9 Å². The van der Waals surface area contributed by atoms with Crippen LogP contribution in [0.25, 0.3) is 0 Å². The molecule has 8 nitrogen and oxygen atoms in total. The minimum atomic E-state index is -0.177. The SMILES string of the molecule is CC[C@H]1COc2ccc(CN3CCN(c4ccc(C(=O)NC)nc4)CC3)cc2NC1=O. The molecule has 1 atom stereocenters. The third-order valence-corrected chi connectivity index (χ3v) is 5.96. The van der Waals surface area contributed by atoms with Gasteiger partial charge in [-0.1, -0.05) is 13.0 Å². The van der Waals surface area contributed by atoms with Crippen molar-refractivity contribution < 1.29 is 14.3 Å². The Hall–Kier alpha value is -3.13. The first-order valence-electron chi connectivity index (χ1n) is 10.8. The monoisotopic (exact) mass is 423 g/mol. The quantitative estimate of drug-likeness (QED) is 0.766. The molecule has 8 heteroatoms. The molecule has 1 aromatic carbocycles. The van der Waals surface area contributed by atoms with Crippen LogP contribution in [-0.4, -0.2) is 61.5 Å². The molecule has 164 valence electrons. The van der Waals surface area contributed by atoms with Crippen molar-refractivity contribution in [3.8, 4) is 5.75 Å². The molecule has 0 aliphatic carbocycles. The minimum Gasteiger partial charge on any atom is -0.491 e. The summed E-state index contributed by atoms with van der Waals surface area (Å²) in [7, 11) is 1.60. The molecule has 2 aliphatic heterocycles. The number of hydrogen-bond acceptors (Lipinski definition) is 6. The predicted octanol–water partition coefficient (Wildman–Crippen LogP) is 2.12. The summed E-state index contributed by atoms with van der Waals surface area (Å²) in [6, 6.07) is 9.77. The lowest BCUT2D eigenvalue weighted by atomic mass is 10.1. The van der Waals surface area contributed by atoms with Crippen LogP contribution in [0.1, 0.15) is 29.4 Å². The van der Waals surface area contributed by atoms with Crippen LogP contribution < -0.4 is 20.3 Å². The smallest absolute Gasteiger partial charge is 0.269 e. The Bertz CT molecular complexity index is 939. The molecule has 2 amide bonds. The lowest BCUT2D eigenvalue weighted by Crippen LogP contribution is -2.46. The average molecular weight is 424 g/mol. The van der Waals surface area contributed by atoms with Gasteiger partial charge >= 0.3 is 0 Å². The molecule has 1 fully saturated rings. The van der Waals surface area contributed by atoms with Crippen LogP contribution in [-0.2, 0) is 11.3 Å². The number of carbonyl (C=O) groups is 2. The molecule has 4 rings (SSSR count). The number of amides is 2. The number of nitrogens with zero attached hydrogens (tertiary/aromatic N) is 3. The number of rotatable bonds is 5. The van der Waals surface area contributed by atoms with Crippen molar-refractivity contribution in [1.82, 2.24) is 15.2 Å². The summed E-state index contributed by atoms with van der Waals surface area (Å²) in [4.78, 5) is 32.9. The molecule has 2 aromatic rings. The number of hydrogen-bond donors (Lipinski definition) is 2. The number of nitrogens with one attached hydrogen (secondary N) is 2. The van der Waals surface area contributed by atoms with Crippen molar-refractivity contribution in [3.05, 3.63) is 47.8 Å². The Morgan fingerprint density at radius 1 is 1.23 bits per heavy atom. The summed E-state index contributed by atoms with van der Waals surface area (Å²) in [6.07, 6.45) is 2.53. The van der Waals surface area contributed by atoms with Gasteiger partial charge in [-0.05, 0) is 36.2 Å². The second-order valence-corrected chi connectivity index (χ2v) is 7.98. The molecule has 0 saturated carbocycles. The van der Waals surface area contributed by atoms with E-state index in [0.29, 0.717) is 12.3 Å². The van der Waals surface area contributed by atoms with E-state index < -0.39 is 0 Å². The molecule has 0 unspecified atom stereocenters. The minimum absolute atomic E-state index is 0.0306. The van der Waals surface area contributed by atoms with E-state index >= 15 is 0 Å². The Morgan fingerprint density at radius 3 is 2.71 bits per heavy atom. The zero-order chi connectivity index (χ0) is 21.8. The van der Waals surface area contributed by atoms with Gasteiger partial charge in [-0.25, -0.2) is 4.98 Å². The largest absolute Gasteiger partial charge is 0.491 e. The lowest BCUT2D eigenvalue weighted by molar-refractivity contribution is -0.120. The normalized spacial score (nSPS) is 19.1. The maximum Gasteiger partial charge on any atom is 0.269 e. The van der Waals surface area contributed by atoms with Crippen LogP contribution in [0.5, 0.6) is 5.75 Å². The lowest BCUT2D eigenvalue weighted by Gasteiger charge is -2.36. The summed E-state index contributed by atoms with van der Waals surface area (Å²) in [5.74, 6) is 0.487. The van der Waals surface area contributed by atoms with Crippen LogP contribution in [0.4, 0.5) is 11.4 Å². The Kier molecular flexibility index (Phi) is 6.36. The number of aromatic nitrogens is 1. The number of piperazine rings is 1. The summed E-state index contributed by atoms with van der Waals surface area (Å²) in [5.41, 5.74) is 3.37. The van der Waals surface area contributed by atoms with E-state index in [1.54, 1.807) is 19.3 Å². The highest BCUT2D eigenvalue weighted by molar-refractivity contribution is 5.95. The molecule has 0 spiro atoms. The van der Waals surface area contributed by atoms with Gasteiger partial charge < -0.3 is 20.3 Å². The summed E-state index contributed by atoms with van der Waals surface area (Å²) >= 11 is 0. The number of benzene rings is 1. The van der Waals surface area contributed by atoms with E-state index in [1.165, 1.54) is 0 Å². The first-order valence-corrected chi connectivity index (χ1v) is 10.8. The molecular weight excluding hydrogens is 394 g/mol. The Morgan fingerprint density at radius 2 is 2.03 bits per heavy atom. The maximum atomic E-state index is 12.3. The third kappa shape index (κ3) is 4.80. The van der Waals surface area contributed by atoms with Crippen molar-refractivity contribution in [2.24, 2.45) is 5.92 Å². The van der Waals surface area contributed by atoms with Gasteiger partial charge in [0.05, 0.1) is 30.1 Å². The van der Waals surface area contributed by atoms with Crippen LogP contribution in [0, 0.1) is 5.92 Å². The van der Waals surface area contributed by atoms with Gasteiger partial charge in [-0.2, -0.15) is 0 Å². The molecular formula is C23H29N5O3. The fraction of sp³-hybridized carbons (Fsp3) is 0.435. The number of fused-ring (bicyclic) bond motifs is 1. The summed E-state index contributed by atoms with van der Waals surface area (Å²) in [5, 5.41) is 5.61. The first-order chi connectivity index (χ1) is 15.1. The van der Waals surface area contributed by atoms with Crippen molar-refractivity contribution in [1.29, 1.82) is 0 Å². The number of anilines is 2. The molecule has 3 heterocycles. The molecule has 0 bridgehead atoms. The fourth-order valence-corrected chi connectivity index (χ4v) is 3.96. The number of pyridine rings is 1. The van der Waals surface area contributed by atoms with Crippen LogP contribution in [0.15, 0.2) is 36.5 Å². The highest BCUT2D eigenvalue weighted by atomic mass is 16.5. The zero-order valence-electron chi connectivity index (χ0n) is 18.1. The second-order valence-electron chi connectivity index (χ2n) is 7.98. The van der Waals surface area contributed by atoms with E-state index in [1.807, 2.05) is 25.1 Å². The van der Waals surface area contributed by atoms with Gasteiger partial charge in [0.2, 0.25) is 5.91 Å². The molecule has 31 heavy (non-hydrogen) atoms. The van der Waals surface area contributed by atoms with Crippen molar-refractivity contribution >= 4 is 23.2 Å². The zero-order valence-corrected chi connectivity index (χ0v) is 18.1. The van der Waals surface area contributed by atoms with E-state index in [9.17, 15) is 9.59 Å². The topological polar surface area (TPSA) is 86.8 Å².